The van der Waals surface area contributed by atoms with E-state index in [1.807, 2.05) is 0 Å². The van der Waals surface area contributed by atoms with E-state index in [9.17, 15) is 14.0 Å². The van der Waals surface area contributed by atoms with Gasteiger partial charge in [0.2, 0.25) is 5.95 Å². The van der Waals surface area contributed by atoms with Gasteiger partial charge in [-0.15, -0.1) is 0 Å². The van der Waals surface area contributed by atoms with Crippen molar-refractivity contribution in [3.05, 3.63) is 45.8 Å². The van der Waals surface area contributed by atoms with E-state index in [-0.39, 0.29) is 23.2 Å². The van der Waals surface area contributed by atoms with Crippen LogP contribution in [-0.4, -0.2) is 38.2 Å². The molecule has 9 nitrogen and oxygen atoms in total. The largest absolute Gasteiger partial charge is 0.381 e. The van der Waals surface area contributed by atoms with Crippen LogP contribution in [0.4, 0.5) is 16.0 Å². The number of aryl methyl sites for hydroxylation is 2. The van der Waals surface area contributed by atoms with Crippen molar-refractivity contribution >= 4 is 28.7 Å². The number of rotatable bonds is 4. The summed E-state index contributed by atoms with van der Waals surface area (Å²) in [4.78, 5) is 32.8. The number of fused-ring (bicyclic) bond motifs is 1. The van der Waals surface area contributed by atoms with Crippen molar-refractivity contribution < 1.29 is 13.9 Å². The Morgan fingerprint density at radius 2 is 2.07 bits per heavy atom. The van der Waals surface area contributed by atoms with Crippen molar-refractivity contribution in [3.63, 3.8) is 0 Å². The zero-order valence-electron chi connectivity index (χ0n) is 16.1. The number of aromatic nitrogens is 4. The lowest BCUT2D eigenvalue weighted by Crippen LogP contribution is -2.30. The fourth-order valence-electron chi connectivity index (χ4n) is 3.59. The molecule has 3 N–H and O–H groups in total. The van der Waals surface area contributed by atoms with Gasteiger partial charge >= 0.3 is 5.69 Å². The van der Waals surface area contributed by atoms with E-state index in [0.29, 0.717) is 35.6 Å². The van der Waals surface area contributed by atoms with Crippen molar-refractivity contribution in [1.29, 1.82) is 0 Å². The van der Waals surface area contributed by atoms with Crippen LogP contribution in [0, 0.1) is 12.7 Å². The molecule has 0 bridgehead atoms. The van der Waals surface area contributed by atoms with Crippen LogP contribution in [0.3, 0.4) is 0 Å². The second kappa shape index (κ2) is 7.28. The van der Waals surface area contributed by atoms with Crippen LogP contribution in [-0.2, 0) is 11.8 Å². The summed E-state index contributed by atoms with van der Waals surface area (Å²) in [6.07, 6.45) is 3.01. The van der Waals surface area contributed by atoms with E-state index in [0.717, 1.165) is 12.8 Å². The molecule has 1 aromatic carbocycles. The van der Waals surface area contributed by atoms with E-state index in [2.05, 4.69) is 15.3 Å². The standard InChI is InChI=1S/C19H21FN6O3/c1-10-7-12(16(21)27)13(20)8-14(10)23-18-22-9-15-17(24-18)26(19(28)25(15)2)11-3-5-29-6-4-11/h7-9,11H,3-6H2,1-2H3,(H2,21,27)(H,22,23,24). The van der Waals surface area contributed by atoms with Crippen LogP contribution in [0.25, 0.3) is 11.2 Å². The summed E-state index contributed by atoms with van der Waals surface area (Å²) in [6.45, 7) is 2.90. The number of carbonyl (C=O) groups is 1. The first kappa shape index (κ1) is 19.1. The molecule has 2 aromatic heterocycles. The Morgan fingerprint density at radius 1 is 1.34 bits per heavy atom. The molecule has 0 radical (unpaired) electrons. The van der Waals surface area contributed by atoms with Crippen molar-refractivity contribution in [2.45, 2.75) is 25.8 Å². The molecule has 3 heterocycles. The van der Waals surface area contributed by atoms with E-state index >= 15 is 0 Å². The van der Waals surface area contributed by atoms with Gasteiger partial charge in [0, 0.05) is 32.0 Å². The highest BCUT2D eigenvalue weighted by atomic mass is 19.1. The van der Waals surface area contributed by atoms with E-state index < -0.39 is 11.7 Å². The van der Waals surface area contributed by atoms with E-state index in [4.69, 9.17) is 10.5 Å². The predicted octanol–water partition coefficient (Wildman–Crippen LogP) is 1.77. The Bertz CT molecular complexity index is 1160. The summed E-state index contributed by atoms with van der Waals surface area (Å²) < 4.78 is 22.7. The lowest BCUT2D eigenvalue weighted by atomic mass is 10.1. The lowest BCUT2D eigenvalue weighted by Gasteiger charge is -2.22. The summed E-state index contributed by atoms with van der Waals surface area (Å²) >= 11 is 0. The fraction of sp³-hybridized carbons (Fsp3) is 0.368. The minimum Gasteiger partial charge on any atom is -0.381 e. The van der Waals surface area contributed by atoms with Gasteiger partial charge in [-0.3, -0.25) is 13.9 Å². The molecule has 10 heteroatoms. The highest BCUT2D eigenvalue weighted by Gasteiger charge is 2.23. The Hall–Kier alpha value is -3.27. The number of nitrogens with two attached hydrogens (primary N) is 1. The third-order valence-corrected chi connectivity index (χ3v) is 5.21. The molecule has 3 aromatic rings. The first-order valence-corrected chi connectivity index (χ1v) is 9.25. The number of nitrogens with zero attached hydrogens (tertiary/aromatic N) is 4. The number of carbonyl (C=O) groups excluding carboxylic acids is 1. The summed E-state index contributed by atoms with van der Waals surface area (Å²) in [5.41, 5.74) is 6.98. The second-order valence-electron chi connectivity index (χ2n) is 7.09. The number of anilines is 2. The van der Waals surface area contributed by atoms with Crippen molar-refractivity contribution in [2.75, 3.05) is 18.5 Å². The molecule has 1 amide bonds. The molecule has 0 saturated carbocycles. The number of hydrogen-bond donors (Lipinski definition) is 2. The normalized spacial score (nSPS) is 15.0. The number of imidazole rings is 1. The maximum absolute atomic E-state index is 14.2. The Kier molecular flexibility index (Phi) is 4.79. The minimum atomic E-state index is -0.834. The smallest absolute Gasteiger partial charge is 0.330 e. The van der Waals surface area contributed by atoms with Crippen molar-refractivity contribution in [3.8, 4) is 0 Å². The highest BCUT2D eigenvalue weighted by molar-refractivity contribution is 5.94. The Balaban J connectivity index is 1.75. The van der Waals surface area contributed by atoms with Gasteiger partial charge in [-0.2, -0.15) is 4.98 Å². The molecule has 152 valence electrons. The quantitative estimate of drug-likeness (QED) is 0.689. The molecule has 1 aliphatic rings. The molecule has 0 unspecified atom stereocenters. The lowest BCUT2D eigenvalue weighted by molar-refractivity contribution is 0.0695. The van der Waals surface area contributed by atoms with Gasteiger partial charge in [-0.25, -0.2) is 14.2 Å². The van der Waals surface area contributed by atoms with Gasteiger partial charge in [-0.1, -0.05) is 0 Å². The number of nitrogens with one attached hydrogen (secondary N) is 1. The van der Waals surface area contributed by atoms with Gasteiger partial charge < -0.3 is 15.8 Å². The molecular weight excluding hydrogens is 379 g/mol. The summed E-state index contributed by atoms with van der Waals surface area (Å²) in [7, 11) is 1.68. The van der Waals surface area contributed by atoms with Crippen molar-refractivity contribution in [2.24, 2.45) is 12.8 Å². The maximum atomic E-state index is 14.2. The molecular formula is C19H21FN6O3. The average molecular weight is 400 g/mol. The number of benzene rings is 1. The molecule has 1 fully saturated rings. The third-order valence-electron chi connectivity index (χ3n) is 5.21. The SMILES string of the molecule is Cc1cc(C(N)=O)c(F)cc1Nc1ncc2c(n1)n(C1CCOCC1)c(=O)n2C. The number of halogens is 1. The summed E-state index contributed by atoms with van der Waals surface area (Å²) in [5.74, 6) is -1.34. The molecule has 4 rings (SSSR count). The number of amides is 1. The molecule has 1 saturated heterocycles. The Labute approximate surface area is 165 Å². The monoisotopic (exact) mass is 400 g/mol. The number of primary amides is 1. The number of ether oxygens (including phenoxy) is 1. The topological polar surface area (TPSA) is 117 Å². The predicted molar refractivity (Wildman–Crippen MR) is 105 cm³/mol. The van der Waals surface area contributed by atoms with Crippen LogP contribution >= 0.6 is 0 Å². The van der Waals surface area contributed by atoms with Crippen LogP contribution in [0.15, 0.2) is 23.1 Å². The first-order valence-electron chi connectivity index (χ1n) is 9.25. The van der Waals surface area contributed by atoms with Crippen LogP contribution in [0.1, 0.15) is 34.8 Å². The Morgan fingerprint density at radius 3 is 2.76 bits per heavy atom. The zero-order valence-corrected chi connectivity index (χ0v) is 16.1. The maximum Gasteiger partial charge on any atom is 0.330 e. The minimum absolute atomic E-state index is 0.00303. The van der Waals surface area contributed by atoms with Gasteiger partial charge in [-0.05, 0) is 37.5 Å². The first-order chi connectivity index (χ1) is 13.9. The molecule has 0 atom stereocenters. The summed E-state index contributed by atoms with van der Waals surface area (Å²) in [6, 6.07) is 2.55. The van der Waals surface area contributed by atoms with Gasteiger partial charge in [0.1, 0.15) is 11.3 Å². The zero-order chi connectivity index (χ0) is 20.7. The number of hydrogen-bond acceptors (Lipinski definition) is 6. The molecule has 29 heavy (non-hydrogen) atoms. The molecule has 0 spiro atoms. The fourth-order valence-corrected chi connectivity index (χ4v) is 3.59. The van der Waals surface area contributed by atoms with Crippen LogP contribution in [0.2, 0.25) is 0 Å². The van der Waals surface area contributed by atoms with Gasteiger partial charge in [0.15, 0.2) is 5.65 Å². The highest BCUT2D eigenvalue weighted by Crippen LogP contribution is 2.26. The van der Waals surface area contributed by atoms with Crippen LogP contribution in [0.5, 0.6) is 0 Å². The second-order valence-corrected chi connectivity index (χ2v) is 7.09. The third kappa shape index (κ3) is 3.35. The molecule has 0 aliphatic carbocycles. The summed E-state index contributed by atoms with van der Waals surface area (Å²) in [5, 5.41) is 2.97. The van der Waals surface area contributed by atoms with Crippen molar-refractivity contribution in [1.82, 2.24) is 19.1 Å². The van der Waals surface area contributed by atoms with Crippen LogP contribution < -0.4 is 16.7 Å². The van der Waals surface area contributed by atoms with Gasteiger partial charge in [0.25, 0.3) is 5.91 Å². The van der Waals surface area contributed by atoms with E-state index in [1.165, 1.54) is 16.7 Å². The average Bonchev–Trinajstić information content (AvgIpc) is 2.95. The molecule has 1 aliphatic heterocycles. The van der Waals surface area contributed by atoms with Gasteiger partial charge in [0.05, 0.1) is 11.8 Å². The van der Waals surface area contributed by atoms with E-state index in [1.54, 1.807) is 24.7 Å².